The lowest BCUT2D eigenvalue weighted by atomic mass is 10.6. The van der Waals surface area contributed by atoms with E-state index in [1.807, 2.05) is 0 Å². The third-order valence-electron chi connectivity index (χ3n) is 1.64. The first-order valence-electron chi connectivity index (χ1n) is 4.56. The molecule has 0 radical (unpaired) electrons. The van der Waals surface area contributed by atoms with Crippen molar-refractivity contribution in [1.29, 1.82) is 0 Å². The zero-order chi connectivity index (χ0) is 13.0. The van der Waals surface area contributed by atoms with Gasteiger partial charge in [-0.3, -0.25) is 0 Å². The van der Waals surface area contributed by atoms with Gasteiger partial charge in [0.25, 0.3) is 0 Å². The number of nitrogens with zero attached hydrogens (tertiary/aromatic N) is 4. The first-order chi connectivity index (χ1) is 8.63. The lowest BCUT2D eigenvalue weighted by molar-refractivity contribution is -0.0503. The summed E-state index contributed by atoms with van der Waals surface area (Å²) in [5, 5.41) is 0.0731. The van der Waals surface area contributed by atoms with Gasteiger partial charge in [-0.05, 0) is 11.6 Å². The summed E-state index contributed by atoms with van der Waals surface area (Å²) >= 11 is 5.49. The van der Waals surface area contributed by atoms with E-state index in [0.29, 0.717) is 0 Å². The summed E-state index contributed by atoms with van der Waals surface area (Å²) in [6.45, 7) is -2.93. The van der Waals surface area contributed by atoms with Crippen LogP contribution < -0.4 is 9.47 Å². The third-order valence-corrected chi connectivity index (χ3v) is 1.83. The molecule has 0 N–H and O–H groups in total. The minimum Gasteiger partial charge on any atom is -0.432 e. The molecule has 0 spiro atoms. The average molecular weight is 275 g/mol. The molecule has 2 rings (SSSR count). The normalized spacial score (nSPS) is 10.4. The van der Waals surface area contributed by atoms with Crippen LogP contribution in [-0.4, -0.2) is 26.5 Å². The van der Waals surface area contributed by atoms with Crippen molar-refractivity contribution in [1.82, 2.24) is 19.9 Å². The van der Waals surface area contributed by atoms with Crippen LogP contribution in [0.2, 0.25) is 5.28 Å². The minimum atomic E-state index is -2.93. The molecule has 94 valence electrons. The monoisotopic (exact) mass is 274 g/mol. The average Bonchev–Trinajstić information content (AvgIpc) is 2.34. The van der Waals surface area contributed by atoms with Gasteiger partial charge in [-0.15, -0.1) is 0 Å². The van der Waals surface area contributed by atoms with E-state index < -0.39 is 6.61 Å². The van der Waals surface area contributed by atoms with Crippen molar-refractivity contribution in [3.63, 3.8) is 0 Å². The zero-order valence-electron chi connectivity index (χ0n) is 8.63. The molecule has 0 aliphatic heterocycles. The van der Waals surface area contributed by atoms with Crippen molar-refractivity contribution in [2.75, 3.05) is 0 Å². The van der Waals surface area contributed by atoms with Crippen molar-refractivity contribution in [3.05, 3.63) is 30.1 Å². The highest BCUT2D eigenvalue weighted by molar-refractivity contribution is 6.28. The van der Waals surface area contributed by atoms with Gasteiger partial charge in [0.1, 0.15) is 0 Å². The van der Waals surface area contributed by atoms with E-state index in [1.54, 1.807) is 0 Å². The lowest BCUT2D eigenvalue weighted by Crippen LogP contribution is -2.03. The smallest absolute Gasteiger partial charge is 0.387 e. The molecule has 0 unspecified atom stereocenters. The Labute approximate surface area is 105 Å². The second-order valence-electron chi connectivity index (χ2n) is 2.87. The maximum Gasteiger partial charge on any atom is 0.387 e. The summed E-state index contributed by atoms with van der Waals surface area (Å²) in [4.78, 5) is 14.7. The fraction of sp³-hybridized carbons (Fsp3) is 0.111. The first kappa shape index (κ1) is 12.4. The molecule has 0 atom stereocenters. The molecule has 18 heavy (non-hydrogen) atoms. The number of hydrogen-bond donors (Lipinski definition) is 0. The van der Waals surface area contributed by atoms with Crippen molar-refractivity contribution in [3.8, 4) is 17.5 Å². The molecular formula is C9H5ClF2N4O2. The van der Waals surface area contributed by atoms with Gasteiger partial charge in [-0.25, -0.2) is 9.97 Å². The molecule has 0 amide bonds. The first-order valence-corrected chi connectivity index (χ1v) is 4.93. The van der Waals surface area contributed by atoms with Gasteiger partial charge in [-0.2, -0.15) is 18.7 Å². The molecule has 6 nitrogen and oxygen atoms in total. The van der Waals surface area contributed by atoms with Gasteiger partial charge < -0.3 is 9.47 Å². The number of rotatable bonds is 4. The summed E-state index contributed by atoms with van der Waals surface area (Å²) in [6.07, 6.45) is 4.76. The van der Waals surface area contributed by atoms with Crippen molar-refractivity contribution < 1.29 is 18.3 Å². The molecule has 0 aromatic carbocycles. The van der Waals surface area contributed by atoms with E-state index in [-0.39, 0.29) is 22.8 Å². The minimum absolute atomic E-state index is 0.0532. The van der Waals surface area contributed by atoms with Gasteiger partial charge >= 0.3 is 12.6 Å². The summed E-state index contributed by atoms with van der Waals surface area (Å²) < 4.78 is 33.0. The topological polar surface area (TPSA) is 70.0 Å². The summed E-state index contributed by atoms with van der Waals surface area (Å²) in [6, 6.07) is -0.0532. The largest absolute Gasteiger partial charge is 0.432 e. The van der Waals surface area contributed by atoms with Crippen molar-refractivity contribution in [2.24, 2.45) is 0 Å². The number of hydrogen-bond acceptors (Lipinski definition) is 6. The van der Waals surface area contributed by atoms with E-state index in [9.17, 15) is 8.78 Å². The standard InChI is InChI=1S/C9H5ClF2N4O2/c10-7-13-1-6(2-14-7)18-9-15-3-5(4-16-9)17-8(11)12/h1-4,8H. The van der Waals surface area contributed by atoms with Crippen LogP contribution in [0.1, 0.15) is 0 Å². The maximum atomic E-state index is 11.9. The molecule has 0 saturated heterocycles. The second kappa shape index (κ2) is 5.50. The Hall–Kier alpha value is -2.09. The highest BCUT2D eigenvalue weighted by Gasteiger charge is 2.06. The highest BCUT2D eigenvalue weighted by Crippen LogP contribution is 2.18. The third kappa shape index (κ3) is 3.45. The quantitative estimate of drug-likeness (QED) is 0.797. The van der Waals surface area contributed by atoms with E-state index in [2.05, 4.69) is 24.7 Å². The number of ether oxygens (including phenoxy) is 2. The second-order valence-corrected chi connectivity index (χ2v) is 3.21. The number of aromatic nitrogens is 4. The Morgan fingerprint density at radius 3 is 2.06 bits per heavy atom. The van der Waals surface area contributed by atoms with Crippen LogP contribution in [0.25, 0.3) is 0 Å². The fourth-order valence-corrected chi connectivity index (χ4v) is 1.08. The van der Waals surface area contributed by atoms with Crippen LogP contribution >= 0.6 is 11.6 Å². The van der Waals surface area contributed by atoms with Crippen LogP contribution in [0.4, 0.5) is 8.78 Å². The molecule has 0 saturated carbocycles. The molecule has 0 aliphatic rings. The predicted molar refractivity (Wildman–Crippen MR) is 55.8 cm³/mol. The van der Waals surface area contributed by atoms with Crippen LogP contribution in [0.3, 0.4) is 0 Å². The van der Waals surface area contributed by atoms with E-state index in [1.165, 1.54) is 12.4 Å². The predicted octanol–water partition coefficient (Wildman–Crippen LogP) is 2.31. The lowest BCUT2D eigenvalue weighted by Gasteiger charge is -2.05. The Balaban J connectivity index is 2.04. The van der Waals surface area contributed by atoms with Gasteiger partial charge in [0.2, 0.25) is 5.28 Å². The Morgan fingerprint density at radius 1 is 0.944 bits per heavy atom. The van der Waals surface area contributed by atoms with Crippen molar-refractivity contribution in [2.45, 2.75) is 6.61 Å². The Kier molecular flexibility index (Phi) is 3.78. The molecule has 0 aliphatic carbocycles. The summed E-state index contributed by atoms with van der Waals surface area (Å²) in [7, 11) is 0. The Morgan fingerprint density at radius 2 is 1.50 bits per heavy atom. The van der Waals surface area contributed by atoms with Gasteiger partial charge in [0, 0.05) is 0 Å². The van der Waals surface area contributed by atoms with Crippen LogP contribution in [0.5, 0.6) is 17.5 Å². The molecule has 2 aromatic heterocycles. The van der Waals surface area contributed by atoms with Crippen LogP contribution in [0, 0.1) is 0 Å². The van der Waals surface area contributed by atoms with E-state index in [4.69, 9.17) is 16.3 Å². The van der Waals surface area contributed by atoms with Gasteiger partial charge in [0.05, 0.1) is 24.8 Å². The molecular weight excluding hydrogens is 270 g/mol. The number of alkyl halides is 2. The van der Waals surface area contributed by atoms with Crippen molar-refractivity contribution >= 4 is 11.6 Å². The molecule has 2 heterocycles. The molecule has 9 heteroatoms. The van der Waals surface area contributed by atoms with E-state index >= 15 is 0 Å². The summed E-state index contributed by atoms with van der Waals surface area (Å²) in [5.41, 5.74) is 0. The summed E-state index contributed by atoms with van der Waals surface area (Å²) in [5.74, 6) is 0.103. The number of halogens is 3. The zero-order valence-corrected chi connectivity index (χ0v) is 9.38. The highest BCUT2D eigenvalue weighted by atomic mass is 35.5. The molecule has 0 fully saturated rings. The SMILES string of the molecule is FC(F)Oc1cnc(Oc2cnc(Cl)nc2)nc1. The molecule has 2 aromatic rings. The van der Waals surface area contributed by atoms with E-state index in [0.717, 1.165) is 12.4 Å². The Bertz CT molecular complexity index is 509. The maximum absolute atomic E-state index is 11.9. The van der Waals surface area contributed by atoms with Crippen LogP contribution in [-0.2, 0) is 0 Å². The van der Waals surface area contributed by atoms with Crippen LogP contribution in [0.15, 0.2) is 24.8 Å². The van der Waals surface area contributed by atoms with Gasteiger partial charge in [-0.1, -0.05) is 0 Å². The van der Waals surface area contributed by atoms with Gasteiger partial charge in [0.15, 0.2) is 11.5 Å². The molecule has 0 bridgehead atoms. The fourth-order valence-electron chi connectivity index (χ4n) is 0.979.